The average molecular weight is 613 g/mol. The minimum atomic E-state index is -3.83. The summed E-state index contributed by atoms with van der Waals surface area (Å²) in [4.78, 5) is 37.7. The maximum absolute atomic E-state index is 13.7. The number of nitrogens with zero attached hydrogens (tertiary/aromatic N) is 6. The summed E-state index contributed by atoms with van der Waals surface area (Å²) < 4.78 is 28.7. The minimum absolute atomic E-state index is 0.0359. The van der Waals surface area contributed by atoms with Crippen LogP contribution in [0.5, 0.6) is 0 Å². The molecule has 222 valence electrons. The fourth-order valence-corrected chi connectivity index (χ4v) is 6.07. The van der Waals surface area contributed by atoms with Crippen LogP contribution >= 0.6 is 11.6 Å². The lowest BCUT2D eigenvalue weighted by atomic mass is 9.93. The van der Waals surface area contributed by atoms with Crippen LogP contribution in [0, 0.1) is 6.92 Å². The molecule has 0 saturated carbocycles. The molecule has 1 aromatic carbocycles. The Morgan fingerprint density at radius 3 is 2.64 bits per heavy atom. The predicted octanol–water partition coefficient (Wildman–Crippen LogP) is 3.27. The Bertz CT molecular complexity index is 1850. The number of aromatic nitrogens is 5. The van der Waals surface area contributed by atoms with Gasteiger partial charge in [-0.05, 0) is 56.0 Å². The summed E-state index contributed by atoms with van der Waals surface area (Å²) in [6, 6.07) is 6.39. The van der Waals surface area contributed by atoms with Crippen LogP contribution < -0.4 is 20.5 Å². The molecule has 42 heavy (non-hydrogen) atoms. The van der Waals surface area contributed by atoms with E-state index in [0.717, 1.165) is 42.3 Å². The van der Waals surface area contributed by atoms with Gasteiger partial charge in [-0.2, -0.15) is 5.10 Å². The Morgan fingerprint density at radius 2 is 1.95 bits per heavy atom. The van der Waals surface area contributed by atoms with Gasteiger partial charge < -0.3 is 10.2 Å². The summed E-state index contributed by atoms with van der Waals surface area (Å²) in [5, 5.41) is 8.10. The van der Waals surface area contributed by atoms with E-state index in [1.807, 2.05) is 50.1 Å². The molecule has 0 spiro atoms. The van der Waals surface area contributed by atoms with Crippen LogP contribution in [0.4, 0.5) is 11.6 Å². The van der Waals surface area contributed by atoms with Crippen LogP contribution in [-0.4, -0.2) is 58.0 Å². The number of halogens is 1. The highest BCUT2D eigenvalue weighted by Gasteiger charge is 2.27. The molecule has 4 heterocycles. The first kappa shape index (κ1) is 29.5. The largest absolute Gasteiger partial charge is 0.377 e. The molecule has 4 aromatic rings. The predicted molar refractivity (Wildman–Crippen MR) is 163 cm³/mol. The van der Waals surface area contributed by atoms with E-state index in [-0.39, 0.29) is 28.0 Å². The van der Waals surface area contributed by atoms with Crippen LogP contribution in [0.25, 0.3) is 10.9 Å². The molecule has 1 saturated heterocycles. The summed E-state index contributed by atoms with van der Waals surface area (Å²) in [6.07, 6.45) is 6.79. The minimum Gasteiger partial charge on any atom is -0.377 e. The summed E-state index contributed by atoms with van der Waals surface area (Å²) in [5.41, 5.74) is 3.28. The van der Waals surface area contributed by atoms with E-state index in [4.69, 9.17) is 16.6 Å². The molecule has 0 aliphatic carbocycles. The maximum Gasteiger partial charge on any atom is 0.285 e. The lowest BCUT2D eigenvalue weighted by molar-refractivity contribution is 0.0977. The van der Waals surface area contributed by atoms with E-state index in [1.54, 1.807) is 22.4 Å². The number of fused-ring (bicyclic) bond motifs is 1. The number of aryl methyl sites for hydroxylation is 2. The topological polar surface area (TPSA) is 144 Å². The summed E-state index contributed by atoms with van der Waals surface area (Å²) in [7, 11) is -0.183. The zero-order valence-corrected chi connectivity index (χ0v) is 25.6. The van der Waals surface area contributed by atoms with Crippen LogP contribution in [-0.2, 0) is 24.1 Å². The zero-order chi connectivity index (χ0) is 30.3. The number of rotatable bonds is 7. The van der Waals surface area contributed by atoms with Gasteiger partial charge in [0.1, 0.15) is 5.15 Å². The van der Waals surface area contributed by atoms with E-state index >= 15 is 0 Å². The highest BCUT2D eigenvalue weighted by Crippen LogP contribution is 2.32. The van der Waals surface area contributed by atoms with Gasteiger partial charge >= 0.3 is 0 Å². The van der Waals surface area contributed by atoms with Crippen molar-refractivity contribution in [1.82, 2.24) is 29.0 Å². The lowest BCUT2D eigenvalue weighted by Gasteiger charge is -2.34. The molecule has 14 heteroatoms. The summed E-state index contributed by atoms with van der Waals surface area (Å²) in [6.45, 7) is 5.26. The third-order valence-corrected chi connectivity index (χ3v) is 8.19. The zero-order valence-electron chi connectivity index (χ0n) is 24.0. The Hall–Kier alpha value is -3.97. The number of piperidine rings is 1. The van der Waals surface area contributed by atoms with Gasteiger partial charge in [-0.3, -0.25) is 18.8 Å². The number of hydrogen-bond acceptors (Lipinski definition) is 9. The normalized spacial score (nSPS) is 16.4. The monoisotopic (exact) mass is 612 g/mol. The van der Waals surface area contributed by atoms with E-state index in [0.29, 0.717) is 23.4 Å². The van der Waals surface area contributed by atoms with Gasteiger partial charge in [0.25, 0.3) is 11.5 Å². The Morgan fingerprint density at radius 1 is 1.19 bits per heavy atom. The Labute approximate surface area is 248 Å². The van der Waals surface area contributed by atoms with E-state index in [1.165, 1.54) is 6.07 Å². The lowest BCUT2D eigenvalue weighted by Crippen LogP contribution is -2.38. The number of benzene rings is 1. The second-order valence-electron chi connectivity index (χ2n) is 10.9. The van der Waals surface area contributed by atoms with Crippen LogP contribution in [0.3, 0.4) is 0 Å². The molecule has 1 aliphatic heterocycles. The first-order chi connectivity index (χ1) is 19.8. The number of pyridine rings is 1. The number of carbonyl (C=O) groups is 1. The molecule has 1 amide bonds. The van der Waals surface area contributed by atoms with E-state index in [9.17, 15) is 18.0 Å². The van der Waals surface area contributed by atoms with Crippen molar-refractivity contribution >= 4 is 50.1 Å². The van der Waals surface area contributed by atoms with E-state index < -0.39 is 22.0 Å². The number of carbonyl (C=O) groups excluding carboxylic acids is 1. The molecular weight excluding hydrogens is 580 g/mol. The highest BCUT2D eigenvalue weighted by atomic mass is 35.5. The van der Waals surface area contributed by atoms with Crippen molar-refractivity contribution in [2.45, 2.75) is 38.6 Å². The molecule has 1 fully saturated rings. The van der Waals surface area contributed by atoms with Crippen molar-refractivity contribution in [2.24, 2.45) is 14.1 Å². The van der Waals surface area contributed by atoms with Crippen molar-refractivity contribution in [1.29, 1.82) is 0 Å². The van der Waals surface area contributed by atoms with Gasteiger partial charge in [0.15, 0.2) is 5.69 Å². The molecule has 5 rings (SSSR count). The standard InChI is InChI=1S/C28H33ClN8O4S/c1-16-11-20(17(2)31-22-8-9-23(29)32-25(22)26(38)34-42(5,40)41)24-21(12-16)27(39)36(4)28(33-24)37-10-6-7-18(15-37)19-13-30-35(3)14-19/h8-9,11-14,17-18,31H,6-7,10,15H2,1-5H3,(H,34,38)/t17-,18-/m1/s1. The molecule has 0 bridgehead atoms. The van der Waals surface area contributed by atoms with Crippen molar-refractivity contribution in [3.8, 4) is 0 Å². The van der Waals surface area contributed by atoms with Gasteiger partial charge in [-0.15, -0.1) is 0 Å². The first-order valence-corrected chi connectivity index (χ1v) is 15.8. The second kappa shape index (κ2) is 11.4. The maximum atomic E-state index is 13.7. The van der Waals surface area contributed by atoms with Gasteiger partial charge in [-0.25, -0.2) is 23.1 Å². The number of anilines is 2. The highest BCUT2D eigenvalue weighted by molar-refractivity contribution is 7.89. The smallest absolute Gasteiger partial charge is 0.285 e. The molecular formula is C28H33ClN8O4S. The van der Waals surface area contributed by atoms with Crippen LogP contribution in [0.2, 0.25) is 5.15 Å². The second-order valence-corrected chi connectivity index (χ2v) is 13.0. The SMILES string of the molecule is Cc1cc([C@@H](C)Nc2ccc(Cl)nc2C(=O)NS(C)(=O)=O)c2nc(N3CCC[C@@H](c4cnn(C)c4)C3)n(C)c(=O)c2c1. The van der Waals surface area contributed by atoms with Gasteiger partial charge in [0.2, 0.25) is 16.0 Å². The number of sulfonamides is 1. The van der Waals surface area contributed by atoms with Gasteiger partial charge in [0.05, 0.1) is 35.1 Å². The molecule has 2 N–H and O–H groups in total. The average Bonchev–Trinajstić information content (AvgIpc) is 3.37. The fourth-order valence-electron chi connectivity index (χ4n) is 5.49. The number of amides is 1. The first-order valence-electron chi connectivity index (χ1n) is 13.5. The molecule has 12 nitrogen and oxygen atoms in total. The third-order valence-electron chi connectivity index (χ3n) is 7.42. The van der Waals surface area contributed by atoms with Crippen LogP contribution in [0.15, 0.2) is 41.5 Å². The molecule has 1 aliphatic rings. The summed E-state index contributed by atoms with van der Waals surface area (Å²) >= 11 is 6.03. The molecule has 0 unspecified atom stereocenters. The van der Waals surface area contributed by atoms with Gasteiger partial charge in [-0.1, -0.05) is 17.7 Å². The Kier molecular flexibility index (Phi) is 7.99. The third kappa shape index (κ3) is 6.12. The van der Waals surface area contributed by atoms with Crippen molar-refractivity contribution in [3.63, 3.8) is 0 Å². The molecule has 3 aromatic heterocycles. The fraction of sp³-hybridized carbons (Fsp3) is 0.393. The van der Waals surface area contributed by atoms with Crippen molar-refractivity contribution in [2.75, 3.05) is 29.6 Å². The number of nitrogens with one attached hydrogen (secondary N) is 2. The number of hydrogen-bond donors (Lipinski definition) is 2. The molecule has 0 radical (unpaired) electrons. The summed E-state index contributed by atoms with van der Waals surface area (Å²) in [5.74, 6) is -0.0573. The Balaban J connectivity index is 1.54. The van der Waals surface area contributed by atoms with E-state index in [2.05, 4.69) is 20.3 Å². The van der Waals surface area contributed by atoms with Crippen molar-refractivity contribution in [3.05, 3.63) is 74.6 Å². The van der Waals surface area contributed by atoms with Crippen molar-refractivity contribution < 1.29 is 13.2 Å². The quantitative estimate of drug-likeness (QED) is 0.300. The van der Waals surface area contributed by atoms with Crippen LogP contribution in [0.1, 0.15) is 58.9 Å². The molecule has 2 atom stereocenters. The van der Waals surface area contributed by atoms with Gasteiger partial charge in [0, 0.05) is 44.9 Å².